The van der Waals surface area contributed by atoms with Crippen LogP contribution in [-0.2, 0) is 12.0 Å². The molecule has 2 amide bonds. The number of imidazole rings is 1. The Balaban J connectivity index is 1.72. The van der Waals surface area contributed by atoms with Crippen LogP contribution in [0.1, 0.15) is 31.6 Å². The zero-order valence-electron chi connectivity index (χ0n) is 13.7. The highest BCUT2D eigenvalue weighted by Gasteiger charge is 2.27. The van der Waals surface area contributed by atoms with Crippen molar-refractivity contribution >= 4 is 39.2 Å². The molecule has 2 aromatic heterocycles. The number of nitrogens with two attached hydrogens (primary N) is 1. The highest BCUT2D eigenvalue weighted by molar-refractivity contribution is 7.15. The van der Waals surface area contributed by atoms with Gasteiger partial charge in [-0.1, -0.05) is 18.3 Å². The standard InChI is InChI=1S/C15H19N7OS/c1-4-11-18-9-6-5-8(7-10(9)19-11)17-14(23)20-15(2,3)12-21-22-13(16)24-12/h5-7H,4H2,1-3H3,(H2,16,22)(H,18,19)(H2,17,20,23). The maximum Gasteiger partial charge on any atom is 0.319 e. The fourth-order valence-electron chi connectivity index (χ4n) is 2.29. The van der Waals surface area contributed by atoms with E-state index in [1.807, 2.05) is 39.0 Å². The van der Waals surface area contributed by atoms with Crippen molar-refractivity contribution in [3.63, 3.8) is 0 Å². The SMILES string of the molecule is CCc1nc2ccc(NC(=O)NC(C)(C)c3nnc(N)s3)cc2[nH]1. The number of hydrogen-bond donors (Lipinski definition) is 4. The van der Waals surface area contributed by atoms with Crippen molar-refractivity contribution in [1.29, 1.82) is 0 Å². The van der Waals surface area contributed by atoms with E-state index in [4.69, 9.17) is 5.73 Å². The van der Waals surface area contributed by atoms with Gasteiger partial charge in [0.1, 0.15) is 10.8 Å². The molecule has 0 atom stereocenters. The Morgan fingerprint density at radius 2 is 2.17 bits per heavy atom. The van der Waals surface area contributed by atoms with Crippen LogP contribution >= 0.6 is 11.3 Å². The van der Waals surface area contributed by atoms with Crippen LogP contribution in [0, 0.1) is 0 Å². The summed E-state index contributed by atoms with van der Waals surface area (Å²) in [5.41, 5.74) is 7.38. The second-order valence-electron chi connectivity index (χ2n) is 5.92. The number of nitrogens with one attached hydrogen (secondary N) is 3. The van der Waals surface area contributed by atoms with Gasteiger partial charge in [-0.25, -0.2) is 9.78 Å². The Kier molecular flexibility index (Phi) is 4.10. The predicted octanol–water partition coefficient (Wildman–Crippen LogP) is 2.62. The second kappa shape index (κ2) is 6.08. The van der Waals surface area contributed by atoms with Crippen LogP contribution in [0.5, 0.6) is 0 Å². The monoisotopic (exact) mass is 345 g/mol. The van der Waals surface area contributed by atoms with Crippen molar-refractivity contribution in [1.82, 2.24) is 25.5 Å². The van der Waals surface area contributed by atoms with Crippen LogP contribution in [-0.4, -0.2) is 26.2 Å². The lowest BCUT2D eigenvalue weighted by Gasteiger charge is -2.23. The molecule has 0 fully saturated rings. The maximum atomic E-state index is 12.3. The number of carbonyl (C=O) groups excluding carboxylic acids is 1. The summed E-state index contributed by atoms with van der Waals surface area (Å²) in [6, 6.07) is 5.22. The van der Waals surface area contributed by atoms with Gasteiger partial charge in [-0.2, -0.15) is 0 Å². The summed E-state index contributed by atoms with van der Waals surface area (Å²) in [6.45, 7) is 5.73. The molecule has 0 aliphatic heterocycles. The van der Waals surface area contributed by atoms with Gasteiger partial charge in [0.25, 0.3) is 0 Å². The number of urea groups is 1. The Morgan fingerprint density at radius 1 is 1.38 bits per heavy atom. The van der Waals surface area contributed by atoms with Gasteiger partial charge in [0, 0.05) is 12.1 Å². The van der Waals surface area contributed by atoms with E-state index in [9.17, 15) is 4.79 Å². The Morgan fingerprint density at radius 3 is 2.83 bits per heavy atom. The average molecular weight is 345 g/mol. The number of aryl methyl sites for hydroxylation is 1. The topological polar surface area (TPSA) is 122 Å². The molecule has 24 heavy (non-hydrogen) atoms. The molecule has 2 heterocycles. The molecule has 1 aromatic carbocycles. The predicted molar refractivity (Wildman–Crippen MR) is 95.0 cm³/mol. The zero-order valence-corrected chi connectivity index (χ0v) is 14.5. The molecule has 0 saturated heterocycles. The first-order valence-corrected chi connectivity index (χ1v) is 8.36. The van der Waals surface area contributed by atoms with E-state index in [1.54, 1.807) is 0 Å². The number of anilines is 2. The van der Waals surface area contributed by atoms with Crippen LogP contribution in [0.4, 0.5) is 15.6 Å². The molecule has 0 saturated carbocycles. The van der Waals surface area contributed by atoms with Crippen LogP contribution in [0.3, 0.4) is 0 Å². The molecule has 3 aromatic rings. The van der Waals surface area contributed by atoms with E-state index < -0.39 is 5.54 Å². The molecule has 9 heteroatoms. The molecule has 0 bridgehead atoms. The third-order valence-corrected chi connectivity index (χ3v) is 4.60. The molecule has 0 aliphatic carbocycles. The minimum Gasteiger partial charge on any atom is -0.374 e. The first kappa shape index (κ1) is 16.2. The van der Waals surface area contributed by atoms with Gasteiger partial charge in [0.05, 0.1) is 16.6 Å². The molecular weight excluding hydrogens is 326 g/mol. The Hall–Kier alpha value is -2.68. The van der Waals surface area contributed by atoms with Gasteiger partial charge in [-0.05, 0) is 32.0 Å². The Bertz CT molecular complexity index is 883. The molecule has 0 radical (unpaired) electrons. The number of fused-ring (bicyclic) bond motifs is 1. The van der Waals surface area contributed by atoms with E-state index in [0.29, 0.717) is 15.8 Å². The fourth-order valence-corrected chi connectivity index (χ4v) is 2.96. The lowest BCUT2D eigenvalue weighted by Crippen LogP contribution is -2.43. The smallest absolute Gasteiger partial charge is 0.319 e. The summed E-state index contributed by atoms with van der Waals surface area (Å²) in [5, 5.41) is 14.5. The normalized spacial score (nSPS) is 11.6. The van der Waals surface area contributed by atoms with Crippen LogP contribution in [0.15, 0.2) is 18.2 Å². The zero-order chi connectivity index (χ0) is 17.3. The van der Waals surface area contributed by atoms with Gasteiger partial charge in [0.15, 0.2) is 0 Å². The molecule has 0 spiro atoms. The van der Waals surface area contributed by atoms with Crippen LogP contribution < -0.4 is 16.4 Å². The number of carbonyl (C=O) groups is 1. The fraction of sp³-hybridized carbons (Fsp3) is 0.333. The summed E-state index contributed by atoms with van der Waals surface area (Å²) in [7, 11) is 0. The summed E-state index contributed by atoms with van der Waals surface area (Å²) >= 11 is 1.25. The van der Waals surface area contributed by atoms with Gasteiger partial charge in [0.2, 0.25) is 5.13 Å². The number of aromatic amines is 1. The number of rotatable bonds is 4. The van der Waals surface area contributed by atoms with Crippen LogP contribution in [0.2, 0.25) is 0 Å². The first-order valence-electron chi connectivity index (χ1n) is 7.54. The van der Waals surface area contributed by atoms with Crippen molar-refractivity contribution in [2.75, 3.05) is 11.1 Å². The van der Waals surface area contributed by atoms with E-state index in [1.165, 1.54) is 11.3 Å². The number of amides is 2. The number of H-pyrrole nitrogens is 1. The molecule has 3 rings (SSSR count). The summed E-state index contributed by atoms with van der Waals surface area (Å²) in [5.74, 6) is 0.918. The summed E-state index contributed by atoms with van der Waals surface area (Å²) < 4.78 is 0. The van der Waals surface area contributed by atoms with Crippen molar-refractivity contribution in [3.8, 4) is 0 Å². The quantitative estimate of drug-likeness (QED) is 0.579. The van der Waals surface area contributed by atoms with Gasteiger partial charge < -0.3 is 21.4 Å². The molecule has 8 nitrogen and oxygen atoms in total. The molecule has 126 valence electrons. The molecule has 0 unspecified atom stereocenters. The molecule has 5 N–H and O–H groups in total. The van der Waals surface area contributed by atoms with E-state index in [2.05, 4.69) is 30.8 Å². The maximum absolute atomic E-state index is 12.3. The largest absolute Gasteiger partial charge is 0.374 e. The number of nitrogens with zero attached hydrogens (tertiary/aromatic N) is 3. The highest BCUT2D eigenvalue weighted by Crippen LogP contribution is 2.25. The number of aromatic nitrogens is 4. The number of nitrogen functional groups attached to an aromatic ring is 1. The highest BCUT2D eigenvalue weighted by atomic mass is 32.1. The minimum absolute atomic E-state index is 0.330. The summed E-state index contributed by atoms with van der Waals surface area (Å²) in [6.07, 6.45) is 0.830. The third kappa shape index (κ3) is 3.30. The number of hydrogen-bond acceptors (Lipinski definition) is 6. The van der Waals surface area contributed by atoms with Gasteiger partial charge >= 0.3 is 6.03 Å². The Labute approximate surface area is 142 Å². The molecule has 0 aliphatic rings. The van der Waals surface area contributed by atoms with Gasteiger partial charge in [-0.3, -0.25) is 0 Å². The van der Waals surface area contributed by atoms with Crippen molar-refractivity contribution in [2.45, 2.75) is 32.7 Å². The molecular formula is C15H19N7OS. The number of benzene rings is 1. The minimum atomic E-state index is -0.674. The van der Waals surface area contributed by atoms with E-state index in [-0.39, 0.29) is 6.03 Å². The van der Waals surface area contributed by atoms with E-state index in [0.717, 1.165) is 23.3 Å². The lowest BCUT2D eigenvalue weighted by molar-refractivity contribution is 0.241. The second-order valence-corrected chi connectivity index (χ2v) is 6.93. The third-order valence-electron chi connectivity index (χ3n) is 3.53. The van der Waals surface area contributed by atoms with Crippen molar-refractivity contribution in [2.24, 2.45) is 0 Å². The van der Waals surface area contributed by atoms with E-state index >= 15 is 0 Å². The van der Waals surface area contributed by atoms with Crippen molar-refractivity contribution < 1.29 is 4.79 Å². The van der Waals surface area contributed by atoms with Crippen LogP contribution in [0.25, 0.3) is 11.0 Å². The van der Waals surface area contributed by atoms with Crippen molar-refractivity contribution in [3.05, 3.63) is 29.0 Å². The first-order chi connectivity index (χ1) is 11.4. The lowest BCUT2D eigenvalue weighted by atomic mass is 10.1. The van der Waals surface area contributed by atoms with Gasteiger partial charge in [-0.15, -0.1) is 10.2 Å². The summed E-state index contributed by atoms with van der Waals surface area (Å²) in [4.78, 5) is 19.9. The average Bonchev–Trinajstić information content (AvgIpc) is 3.12.